The highest BCUT2D eigenvalue weighted by Crippen LogP contribution is 2.35. The van der Waals surface area contributed by atoms with Crippen LogP contribution in [0.2, 0.25) is 0 Å². The molecule has 0 saturated carbocycles. The van der Waals surface area contributed by atoms with Crippen molar-refractivity contribution in [1.29, 1.82) is 0 Å². The highest BCUT2D eigenvalue weighted by molar-refractivity contribution is 6.05. The lowest BCUT2D eigenvalue weighted by Crippen LogP contribution is -2.27. The first-order valence-corrected chi connectivity index (χ1v) is 12.6. The van der Waals surface area contributed by atoms with Gasteiger partial charge in [0.25, 0.3) is 0 Å². The molecule has 1 aromatic heterocycles. The van der Waals surface area contributed by atoms with Crippen LogP contribution < -0.4 is 4.74 Å². The zero-order valence-corrected chi connectivity index (χ0v) is 21.2. The molecular formula is C30H28N4O4. The Hall–Kier alpha value is -4.59. The standard InChI is InChI=1S/C30H28N4O4/c1-19(2)38-24-10-7-21(8-11-24)20-3-5-22(6-4-20)28-18-26(33-34(28)29(35)13-14-30(36)37)23-9-12-25-27(17-23)32-16-15-31-25/h3-12,15-17,19,28H,13-14,18H2,1-2H3,(H,36,37). The van der Waals surface area contributed by atoms with E-state index in [1.807, 2.05) is 80.6 Å². The van der Waals surface area contributed by atoms with Crippen molar-refractivity contribution in [2.75, 3.05) is 0 Å². The van der Waals surface area contributed by atoms with Gasteiger partial charge in [-0.15, -0.1) is 0 Å². The van der Waals surface area contributed by atoms with E-state index in [-0.39, 0.29) is 30.9 Å². The highest BCUT2D eigenvalue weighted by atomic mass is 16.5. The Bertz CT molecular complexity index is 1500. The lowest BCUT2D eigenvalue weighted by atomic mass is 9.96. The number of hydrogen-bond acceptors (Lipinski definition) is 6. The summed E-state index contributed by atoms with van der Waals surface area (Å²) in [4.78, 5) is 32.8. The zero-order chi connectivity index (χ0) is 26.6. The molecule has 1 unspecified atom stereocenters. The number of carboxylic acid groups (broad SMARTS) is 1. The van der Waals surface area contributed by atoms with Crippen molar-refractivity contribution in [2.45, 2.75) is 45.3 Å². The maximum absolute atomic E-state index is 13.0. The number of rotatable bonds is 8. The number of carboxylic acids is 1. The second-order valence-corrected chi connectivity index (χ2v) is 9.47. The number of hydrogen-bond donors (Lipinski definition) is 1. The molecule has 0 bridgehead atoms. The summed E-state index contributed by atoms with van der Waals surface area (Å²) in [6.07, 6.45) is 3.54. The smallest absolute Gasteiger partial charge is 0.303 e. The molecule has 2 heterocycles. The van der Waals surface area contributed by atoms with E-state index >= 15 is 0 Å². The minimum atomic E-state index is -1.01. The lowest BCUT2D eigenvalue weighted by molar-refractivity contribution is -0.141. The molecule has 5 rings (SSSR count). The third-order valence-electron chi connectivity index (χ3n) is 6.38. The molecule has 38 heavy (non-hydrogen) atoms. The summed E-state index contributed by atoms with van der Waals surface area (Å²) in [6.45, 7) is 3.99. The van der Waals surface area contributed by atoms with E-state index in [1.165, 1.54) is 5.01 Å². The van der Waals surface area contributed by atoms with Crippen molar-refractivity contribution in [3.63, 3.8) is 0 Å². The minimum Gasteiger partial charge on any atom is -0.491 e. The number of nitrogens with zero attached hydrogens (tertiary/aromatic N) is 4. The van der Waals surface area contributed by atoms with Gasteiger partial charge >= 0.3 is 5.97 Å². The number of aromatic nitrogens is 2. The maximum Gasteiger partial charge on any atom is 0.303 e. The van der Waals surface area contributed by atoms with E-state index in [1.54, 1.807) is 12.4 Å². The van der Waals surface area contributed by atoms with Crippen LogP contribution in [0.4, 0.5) is 0 Å². The molecule has 0 saturated heterocycles. The van der Waals surface area contributed by atoms with Gasteiger partial charge in [0.2, 0.25) is 5.91 Å². The Labute approximate surface area is 220 Å². The third-order valence-corrected chi connectivity index (χ3v) is 6.38. The molecule has 1 amide bonds. The van der Waals surface area contributed by atoms with Gasteiger partial charge in [-0.3, -0.25) is 19.6 Å². The zero-order valence-electron chi connectivity index (χ0n) is 21.2. The summed E-state index contributed by atoms with van der Waals surface area (Å²) in [7, 11) is 0. The number of aliphatic carboxylic acids is 1. The van der Waals surface area contributed by atoms with Crippen molar-refractivity contribution in [2.24, 2.45) is 5.10 Å². The molecule has 1 N–H and O–H groups in total. The van der Waals surface area contributed by atoms with Crippen LogP contribution in [0.1, 0.15) is 50.3 Å². The van der Waals surface area contributed by atoms with Gasteiger partial charge in [0.05, 0.1) is 35.3 Å². The first-order chi connectivity index (χ1) is 18.4. The van der Waals surface area contributed by atoms with Gasteiger partial charge in [-0.25, -0.2) is 5.01 Å². The fourth-order valence-corrected chi connectivity index (χ4v) is 4.54. The van der Waals surface area contributed by atoms with Gasteiger partial charge in [0, 0.05) is 30.8 Å². The van der Waals surface area contributed by atoms with Crippen LogP contribution in [-0.4, -0.2) is 43.8 Å². The Kier molecular flexibility index (Phi) is 7.13. The van der Waals surface area contributed by atoms with Gasteiger partial charge in [-0.2, -0.15) is 5.10 Å². The van der Waals surface area contributed by atoms with Crippen LogP contribution in [0, 0.1) is 0 Å². The molecule has 0 aliphatic carbocycles. The topological polar surface area (TPSA) is 105 Å². The average Bonchev–Trinajstić information content (AvgIpc) is 3.37. The molecule has 0 fully saturated rings. The van der Waals surface area contributed by atoms with Gasteiger partial charge < -0.3 is 9.84 Å². The quantitative estimate of drug-likeness (QED) is 0.331. The molecule has 3 aromatic carbocycles. The number of ether oxygens (including phenoxy) is 1. The van der Waals surface area contributed by atoms with Crippen molar-refractivity contribution < 1.29 is 19.4 Å². The first-order valence-electron chi connectivity index (χ1n) is 12.6. The largest absolute Gasteiger partial charge is 0.491 e. The van der Waals surface area contributed by atoms with E-state index < -0.39 is 5.97 Å². The summed E-state index contributed by atoms with van der Waals surface area (Å²) in [5, 5.41) is 15.2. The SMILES string of the molecule is CC(C)Oc1ccc(-c2ccc(C3CC(c4ccc5nccnc5c4)=NN3C(=O)CCC(=O)O)cc2)cc1. The molecule has 8 heteroatoms. The van der Waals surface area contributed by atoms with E-state index in [0.29, 0.717) is 6.42 Å². The van der Waals surface area contributed by atoms with Crippen LogP contribution in [0.5, 0.6) is 5.75 Å². The predicted octanol–water partition coefficient (Wildman–Crippen LogP) is 5.63. The van der Waals surface area contributed by atoms with Crippen molar-refractivity contribution in [3.05, 3.63) is 90.3 Å². The minimum absolute atomic E-state index is 0.113. The first kappa shape index (κ1) is 25.1. The molecule has 1 aliphatic rings. The van der Waals surface area contributed by atoms with Crippen molar-refractivity contribution in [3.8, 4) is 16.9 Å². The molecule has 4 aromatic rings. The highest BCUT2D eigenvalue weighted by Gasteiger charge is 2.33. The van der Waals surface area contributed by atoms with Crippen LogP contribution in [-0.2, 0) is 9.59 Å². The summed E-state index contributed by atoms with van der Waals surface area (Å²) >= 11 is 0. The number of hydrazone groups is 1. The van der Waals surface area contributed by atoms with Crippen molar-refractivity contribution in [1.82, 2.24) is 15.0 Å². The van der Waals surface area contributed by atoms with Gasteiger partial charge in [-0.1, -0.05) is 42.5 Å². The number of benzene rings is 3. The molecule has 1 atom stereocenters. The Morgan fingerprint density at radius 2 is 1.53 bits per heavy atom. The lowest BCUT2D eigenvalue weighted by Gasteiger charge is -2.22. The summed E-state index contributed by atoms with van der Waals surface area (Å²) in [5.41, 5.74) is 6.15. The summed E-state index contributed by atoms with van der Waals surface area (Å²) in [5.74, 6) is -0.510. The van der Waals surface area contributed by atoms with E-state index in [4.69, 9.17) is 9.84 Å². The Morgan fingerprint density at radius 3 is 2.18 bits per heavy atom. The monoisotopic (exact) mass is 508 g/mol. The van der Waals surface area contributed by atoms with Crippen LogP contribution in [0.25, 0.3) is 22.2 Å². The number of carbonyl (C=O) groups is 2. The number of amides is 1. The summed E-state index contributed by atoms with van der Waals surface area (Å²) in [6, 6.07) is 21.4. The molecule has 0 spiro atoms. The maximum atomic E-state index is 13.0. The summed E-state index contributed by atoms with van der Waals surface area (Å²) < 4.78 is 5.74. The molecular weight excluding hydrogens is 480 g/mol. The molecule has 192 valence electrons. The number of fused-ring (bicyclic) bond motifs is 1. The fraction of sp³-hybridized carbons (Fsp3) is 0.233. The Balaban J connectivity index is 1.41. The molecule has 0 radical (unpaired) electrons. The van der Waals surface area contributed by atoms with Crippen molar-refractivity contribution >= 4 is 28.6 Å². The average molecular weight is 509 g/mol. The van der Waals surface area contributed by atoms with Gasteiger partial charge in [0.15, 0.2) is 0 Å². The van der Waals surface area contributed by atoms with E-state index in [2.05, 4.69) is 15.1 Å². The van der Waals surface area contributed by atoms with Gasteiger partial charge in [-0.05, 0) is 54.8 Å². The molecule has 1 aliphatic heterocycles. The third kappa shape index (κ3) is 5.54. The number of carbonyl (C=O) groups excluding carboxylic acids is 1. The predicted molar refractivity (Wildman–Crippen MR) is 145 cm³/mol. The van der Waals surface area contributed by atoms with Crippen LogP contribution in [0.3, 0.4) is 0 Å². The second-order valence-electron chi connectivity index (χ2n) is 9.47. The van der Waals surface area contributed by atoms with E-state index in [0.717, 1.165) is 44.7 Å². The van der Waals surface area contributed by atoms with E-state index in [9.17, 15) is 9.59 Å². The molecule has 8 nitrogen and oxygen atoms in total. The van der Waals surface area contributed by atoms with Gasteiger partial charge in [0.1, 0.15) is 5.75 Å². The fourth-order valence-electron chi connectivity index (χ4n) is 4.54. The second kappa shape index (κ2) is 10.8. The van der Waals surface area contributed by atoms with Crippen LogP contribution >= 0.6 is 0 Å². The Morgan fingerprint density at radius 1 is 0.895 bits per heavy atom. The van der Waals surface area contributed by atoms with Crippen LogP contribution in [0.15, 0.2) is 84.2 Å². The normalized spacial score (nSPS) is 15.1.